The van der Waals surface area contributed by atoms with Gasteiger partial charge in [-0.2, -0.15) is 0 Å². The van der Waals surface area contributed by atoms with Crippen molar-refractivity contribution in [1.82, 2.24) is 5.32 Å². The molecule has 0 saturated heterocycles. The number of hydrogen-bond donors (Lipinski definition) is 1. The van der Waals surface area contributed by atoms with Gasteiger partial charge in [-0.15, -0.1) is 0 Å². The molecule has 1 heterocycles. The number of carbonyl (C=O) groups is 2. The number of nitrogens with one attached hydrogen (secondary N) is 1. The average molecular weight is 304 g/mol. The molecule has 120 valence electrons. The number of rotatable bonds is 5. The minimum Gasteiger partial charge on any atom is -0.478 e. The summed E-state index contributed by atoms with van der Waals surface area (Å²) in [7, 11) is 0. The third kappa shape index (κ3) is 3.40. The minimum atomic E-state index is -0.522. The topological polar surface area (TPSA) is 58.6 Å². The molecule has 0 unspecified atom stereocenters. The van der Waals surface area contributed by atoms with Crippen LogP contribution in [0.1, 0.15) is 39.2 Å². The van der Waals surface area contributed by atoms with Gasteiger partial charge in [-0.05, 0) is 44.4 Å². The first kappa shape index (κ1) is 16.3. The first-order valence-electron chi connectivity index (χ1n) is 7.84. The third-order valence-corrected chi connectivity index (χ3v) is 3.91. The maximum Gasteiger partial charge on any atom is 0.268 e. The van der Waals surface area contributed by atoms with Gasteiger partial charge in [0.05, 0.1) is 5.69 Å². The quantitative estimate of drug-likeness (QED) is 0.909. The number of anilines is 1. The lowest BCUT2D eigenvalue weighted by Crippen LogP contribution is -2.50. The van der Waals surface area contributed by atoms with Crippen molar-refractivity contribution in [2.45, 2.75) is 52.7 Å². The second-order valence-electron chi connectivity index (χ2n) is 5.79. The van der Waals surface area contributed by atoms with E-state index in [0.717, 1.165) is 12.0 Å². The Bertz CT molecular complexity index is 571. The molecule has 0 aromatic heterocycles. The van der Waals surface area contributed by atoms with Gasteiger partial charge in [0.2, 0.25) is 5.91 Å². The van der Waals surface area contributed by atoms with E-state index in [0.29, 0.717) is 17.9 Å². The zero-order valence-electron chi connectivity index (χ0n) is 13.7. The van der Waals surface area contributed by atoms with E-state index < -0.39 is 6.10 Å². The fourth-order valence-electron chi connectivity index (χ4n) is 2.42. The van der Waals surface area contributed by atoms with Crippen LogP contribution in [0.4, 0.5) is 5.69 Å². The van der Waals surface area contributed by atoms with Crippen molar-refractivity contribution in [3.63, 3.8) is 0 Å². The van der Waals surface area contributed by atoms with Crippen LogP contribution in [0.25, 0.3) is 0 Å². The van der Waals surface area contributed by atoms with Gasteiger partial charge in [-0.1, -0.05) is 19.9 Å². The monoisotopic (exact) mass is 304 g/mol. The van der Waals surface area contributed by atoms with Gasteiger partial charge in [0, 0.05) is 6.04 Å². The van der Waals surface area contributed by atoms with Crippen LogP contribution in [0.2, 0.25) is 0 Å². The molecule has 1 aromatic carbocycles. The Hall–Kier alpha value is -2.04. The summed E-state index contributed by atoms with van der Waals surface area (Å²) in [6.07, 6.45) is 0.915. The van der Waals surface area contributed by atoms with Crippen LogP contribution in [0.3, 0.4) is 0 Å². The molecule has 0 aliphatic carbocycles. The number of hydrogen-bond acceptors (Lipinski definition) is 3. The molecular weight excluding hydrogens is 280 g/mol. The molecule has 1 N–H and O–H groups in total. The minimum absolute atomic E-state index is 0.0273. The van der Waals surface area contributed by atoms with Gasteiger partial charge in [-0.25, -0.2) is 0 Å². The Labute approximate surface area is 131 Å². The number of fused-ring (bicyclic) bond motifs is 1. The molecule has 1 aliphatic heterocycles. The molecular formula is C17H24N2O3. The molecule has 22 heavy (non-hydrogen) atoms. The zero-order valence-corrected chi connectivity index (χ0v) is 13.7. The van der Waals surface area contributed by atoms with Crippen molar-refractivity contribution in [3.8, 4) is 5.75 Å². The lowest BCUT2D eigenvalue weighted by atomic mass is 10.1. The van der Waals surface area contributed by atoms with Crippen molar-refractivity contribution in [2.75, 3.05) is 11.4 Å². The molecule has 0 fully saturated rings. The van der Waals surface area contributed by atoms with Crippen molar-refractivity contribution < 1.29 is 14.3 Å². The third-order valence-electron chi connectivity index (χ3n) is 3.91. The maximum atomic E-state index is 12.5. The summed E-state index contributed by atoms with van der Waals surface area (Å²) in [5, 5.41) is 2.90. The molecule has 5 nitrogen and oxygen atoms in total. The summed E-state index contributed by atoms with van der Waals surface area (Å²) in [4.78, 5) is 26.3. The molecule has 2 rings (SSSR count). The van der Waals surface area contributed by atoms with Crippen LogP contribution in [0.5, 0.6) is 5.75 Å². The molecule has 0 spiro atoms. The largest absolute Gasteiger partial charge is 0.478 e. The highest BCUT2D eigenvalue weighted by molar-refractivity contribution is 6.03. The SMILES string of the molecule is CC[C@@H](C)NC(=O)CN1C(=O)[C@@H](CC)Oc2ccc(C)cc21. The molecule has 2 amide bonds. The fraction of sp³-hybridized carbons (Fsp3) is 0.529. The van der Waals surface area contributed by atoms with Crippen molar-refractivity contribution in [2.24, 2.45) is 0 Å². The Morgan fingerprint density at radius 1 is 1.41 bits per heavy atom. The highest BCUT2D eigenvalue weighted by Gasteiger charge is 2.34. The number of nitrogens with zero attached hydrogens (tertiary/aromatic N) is 1. The second kappa shape index (κ2) is 6.81. The van der Waals surface area contributed by atoms with Gasteiger partial charge >= 0.3 is 0 Å². The summed E-state index contributed by atoms with van der Waals surface area (Å²) < 4.78 is 5.74. The molecule has 0 radical (unpaired) electrons. The van der Waals surface area contributed by atoms with Crippen LogP contribution in [0, 0.1) is 6.92 Å². The van der Waals surface area contributed by atoms with Gasteiger partial charge in [0.1, 0.15) is 12.3 Å². The van der Waals surface area contributed by atoms with Crippen LogP contribution >= 0.6 is 0 Å². The highest BCUT2D eigenvalue weighted by Crippen LogP contribution is 2.35. The van der Waals surface area contributed by atoms with E-state index in [4.69, 9.17) is 4.74 Å². The van der Waals surface area contributed by atoms with Crippen LogP contribution in [-0.2, 0) is 9.59 Å². The first-order valence-corrected chi connectivity index (χ1v) is 7.84. The summed E-state index contributed by atoms with van der Waals surface area (Å²) >= 11 is 0. The summed E-state index contributed by atoms with van der Waals surface area (Å²) in [6, 6.07) is 5.79. The van der Waals surface area contributed by atoms with Gasteiger partial charge in [0.25, 0.3) is 5.91 Å². The van der Waals surface area contributed by atoms with Crippen molar-refractivity contribution in [3.05, 3.63) is 23.8 Å². The van der Waals surface area contributed by atoms with E-state index in [1.165, 1.54) is 4.90 Å². The van der Waals surface area contributed by atoms with Gasteiger partial charge < -0.3 is 10.1 Å². The average Bonchev–Trinajstić information content (AvgIpc) is 2.50. The molecule has 0 saturated carbocycles. The molecule has 5 heteroatoms. The number of ether oxygens (including phenoxy) is 1. The predicted octanol–water partition coefficient (Wildman–Crippen LogP) is 2.41. The van der Waals surface area contributed by atoms with E-state index in [-0.39, 0.29) is 24.4 Å². The van der Waals surface area contributed by atoms with E-state index in [2.05, 4.69) is 5.32 Å². The normalized spacial score (nSPS) is 18.5. The lowest BCUT2D eigenvalue weighted by Gasteiger charge is -2.34. The smallest absolute Gasteiger partial charge is 0.268 e. The number of amides is 2. The van der Waals surface area contributed by atoms with E-state index >= 15 is 0 Å². The summed E-state index contributed by atoms with van der Waals surface area (Å²) in [5.74, 6) is 0.361. The zero-order chi connectivity index (χ0) is 16.3. The number of aryl methyl sites for hydroxylation is 1. The number of carbonyl (C=O) groups excluding carboxylic acids is 2. The number of benzene rings is 1. The van der Waals surface area contributed by atoms with Gasteiger partial charge in [-0.3, -0.25) is 14.5 Å². The summed E-state index contributed by atoms with van der Waals surface area (Å²) in [5.41, 5.74) is 1.70. The van der Waals surface area contributed by atoms with Crippen LogP contribution in [-0.4, -0.2) is 30.5 Å². The lowest BCUT2D eigenvalue weighted by molar-refractivity contribution is -0.129. The second-order valence-corrected chi connectivity index (χ2v) is 5.79. The molecule has 2 atom stereocenters. The Morgan fingerprint density at radius 3 is 2.77 bits per heavy atom. The maximum absolute atomic E-state index is 12.5. The predicted molar refractivity (Wildman–Crippen MR) is 86.1 cm³/mol. The summed E-state index contributed by atoms with van der Waals surface area (Å²) in [6.45, 7) is 7.84. The van der Waals surface area contributed by atoms with Crippen molar-refractivity contribution >= 4 is 17.5 Å². The van der Waals surface area contributed by atoms with Crippen LogP contribution < -0.4 is 15.0 Å². The molecule has 0 bridgehead atoms. The van der Waals surface area contributed by atoms with Crippen molar-refractivity contribution in [1.29, 1.82) is 0 Å². The first-order chi connectivity index (χ1) is 10.5. The van der Waals surface area contributed by atoms with E-state index in [1.807, 2.05) is 45.9 Å². The Balaban J connectivity index is 2.26. The molecule has 1 aliphatic rings. The van der Waals surface area contributed by atoms with E-state index in [1.54, 1.807) is 0 Å². The Morgan fingerprint density at radius 2 is 2.14 bits per heavy atom. The highest BCUT2D eigenvalue weighted by atomic mass is 16.5. The molecule has 1 aromatic rings. The fourth-order valence-corrected chi connectivity index (χ4v) is 2.42. The standard InChI is InChI=1S/C17H24N2O3/c1-5-12(4)18-16(20)10-19-13-9-11(3)7-8-15(13)22-14(6-2)17(19)21/h7-9,12,14H,5-6,10H2,1-4H3,(H,18,20)/t12-,14-/m1/s1. The Kier molecular flexibility index (Phi) is 5.06. The van der Waals surface area contributed by atoms with Gasteiger partial charge in [0.15, 0.2) is 6.10 Å². The van der Waals surface area contributed by atoms with Crippen LogP contribution in [0.15, 0.2) is 18.2 Å². The van der Waals surface area contributed by atoms with E-state index in [9.17, 15) is 9.59 Å².